The van der Waals surface area contributed by atoms with Crippen LogP contribution in [0.5, 0.6) is 0 Å². The van der Waals surface area contributed by atoms with Crippen molar-refractivity contribution in [2.75, 3.05) is 5.32 Å². The first-order valence-electron chi connectivity index (χ1n) is 6.59. The molecular formula is C15H18ClN3O. The van der Waals surface area contributed by atoms with Gasteiger partial charge < -0.3 is 10.6 Å². The number of hydrogen-bond donors (Lipinski definition) is 2. The van der Waals surface area contributed by atoms with E-state index in [1.807, 2.05) is 39.0 Å². The molecule has 0 saturated carbocycles. The molecule has 1 heterocycles. The molecule has 20 heavy (non-hydrogen) atoms. The standard InChI is InChI=1S/C15H18ClN3O/c1-9(2)18-15(20)10(3)19-13-7-6-12(16)11-5-4-8-17-14(11)13/h4-10,19H,1-3H3,(H,18,20). The van der Waals surface area contributed by atoms with Gasteiger partial charge in [-0.05, 0) is 45.0 Å². The number of nitrogens with one attached hydrogen (secondary N) is 2. The van der Waals surface area contributed by atoms with E-state index in [-0.39, 0.29) is 18.0 Å². The molecule has 1 amide bonds. The monoisotopic (exact) mass is 291 g/mol. The van der Waals surface area contributed by atoms with Crippen molar-refractivity contribution in [2.24, 2.45) is 0 Å². The first-order valence-corrected chi connectivity index (χ1v) is 6.97. The largest absolute Gasteiger partial charge is 0.372 e. The summed E-state index contributed by atoms with van der Waals surface area (Å²) in [7, 11) is 0. The Morgan fingerprint density at radius 1 is 1.25 bits per heavy atom. The van der Waals surface area contributed by atoms with Crippen LogP contribution in [0.15, 0.2) is 30.5 Å². The smallest absolute Gasteiger partial charge is 0.242 e. The van der Waals surface area contributed by atoms with Gasteiger partial charge in [0, 0.05) is 17.6 Å². The average molecular weight is 292 g/mol. The maximum Gasteiger partial charge on any atom is 0.242 e. The highest BCUT2D eigenvalue weighted by Gasteiger charge is 2.15. The number of halogens is 1. The second kappa shape index (κ2) is 6.09. The molecule has 2 aromatic rings. The predicted molar refractivity (Wildman–Crippen MR) is 83.1 cm³/mol. The Morgan fingerprint density at radius 2 is 2.00 bits per heavy atom. The molecule has 1 atom stereocenters. The first-order chi connectivity index (χ1) is 9.49. The fourth-order valence-electron chi connectivity index (χ4n) is 1.96. The van der Waals surface area contributed by atoms with Crippen LogP contribution < -0.4 is 10.6 Å². The molecule has 0 aliphatic carbocycles. The molecule has 5 heteroatoms. The minimum absolute atomic E-state index is 0.0426. The molecule has 1 unspecified atom stereocenters. The summed E-state index contributed by atoms with van der Waals surface area (Å²) in [4.78, 5) is 16.3. The van der Waals surface area contributed by atoms with Crippen molar-refractivity contribution in [3.8, 4) is 0 Å². The highest BCUT2D eigenvalue weighted by molar-refractivity contribution is 6.35. The summed E-state index contributed by atoms with van der Waals surface area (Å²) in [5, 5.41) is 7.58. The summed E-state index contributed by atoms with van der Waals surface area (Å²) < 4.78 is 0. The van der Waals surface area contributed by atoms with E-state index in [2.05, 4.69) is 15.6 Å². The van der Waals surface area contributed by atoms with Crippen LogP contribution >= 0.6 is 11.6 Å². The molecule has 0 aliphatic heterocycles. The number of aromatic nitrogens is 1. The van der Waals surface area contributed by atoms with E-state index in [9.17, 15) is 4.79 Å². The van der Waals surface area contributed by atoms with Gasteiger partial charge in [-0.3, -0.25) is 9.78 Å². The van der Waals surface area contributed by atoms with Gasteiger partial charge in [0.2, 0.25) is 5.91 Å². The van der Waals surface area contributed by atoms with Gasteiger partial charge in [-0.1, -0.05) is 11.6 Å². The molecular weight excluding hydrogens is 274 g/mol. The maximum absolute atomic E-state index is 11.9. The van der Waals surface area contributed by atoms with Crippen LogP contribution in [0.3, 0.4) is 0 Å². The molecule has 1 aromatic heterocycles. The van der Waals surface area contributed by atoms with Crippen molar-refractivity contribution in [3.05, 3.63) is 35.5 Å². The third kappa shape index (κ3) is 3.20. The maximum atomic E-state index is 11.9. The summed E-state index contributed by atoms with van der Waals surface area (Å²) in [6.45, 7) is 5.69. The van der Waals surface area contributed by atoms with Crippen molar-refractivity contribution in [1.82, 2.24) is 10.3 Å². The normalized spacial score (nSPS) is 12.4. The lowest BCUT2D eigenvalue weighted by Gasteiger charge is -2.18. The molecule has 4 nitrogen and oxygen atoms in total. The number of anilines is 1. The van der Waals surface area contributed by atoms with Gasteiger partial charge in [0.05, 0.1) is 16.2 Å². The van der Waals surface area contributed by atoms with Gasteiger partial charge in [-0.25, -0.2) is 0 Å². The topological polar surface area (TPSA) is 54.0 Å². The molecule has 0 fully saturated rings. The lowest BCUT2D eigenvalue weighted by molar-refractivity contribution is -0.122. The number of amides is 1. The molecule has 106 valence electrons. The number of hydrogen-bond acceptors (Lipinski definition) is 3. The van der Waals surface area contributed by atoms with Crippen LogP contribution in [0.25, 0.3) is 10.9 Å². The third-order valence-corrected chi connectivity index (χ3v) is 3.24. The molecule has 0 bridgehead atoms. The fraction of sp³-hybridized carbons (Fsp3) is 0.333. The number of pyridine rings is 1. The van der Waals surface area contributed by atoms with Crippen LogP contribution in [0.4, 0.5) is 5.69 Å². The van der Waals surface area contributed by atoms with Crippen LogP contribution in [0.1, 0.15) is 20.8 Å². The molecule has 2 N–H and O–H groups in total. The van der Waals surface area contributed by atoms with Crippen LogP contribution in [-0.2, 0) is 4.79 Å². The van der Waals surface area contributed by atoms with E-state index < -0.39 is 0 Å². The first kappa shape index (κ1) is 14.6. The number of carbonyl (C=O) groups excluding carboxylic acids is 1. The van der Waals surface area contributed by atoms with Gasteiger partial charge in [-0.2, -0.15) is 0 Å². The number of benzene rings is 1. The van der Waals surface area contributed by atoms with Gasteiger partial charge in [0.1, 0.15) is 6.04 Å². The fourth-order valence-corrected chi connectivity index (χ4v) is 2.18. The van der Waals surface area contributed by atoms with E-state index in [0.29, 0.717) is 5.02 Å². The Hall–Kier alpha value is -1.81. The number of nitrogens with zero attached hydrogens (tertiary/aromatic N) is 1. The average Bonchev–Trinajstić information content (AvgIpc) is 2.41. The Balaban J connectivity index is 2.26. The van der Waals surface area contributed by atoms with E-state index in [0.717, 1.165) is 16.6 Å². The van der Waals surface area contributed by atoms with Crippen molar-refractivity contribution in [2.45, 2.75) is 32.9 Å². The number of rotatable bonds is 4. The van der Waals surface area contributed by atoms with Gasteiger partial charge >= 0.3 is 0 Å². The lowest BCUT2D eigenvalue weighted by Crippen LogP contribution is -2.41. The predicted octanol–water partition coefficient (Wildman–Crippen LogP) is 3.21. The second-order valence-electron chi connectivity index (χ2n) is 5.02. The second-order valence-corrected chi connectivity index (χ2v) is 5.43. The highest BCUT2D eigenvalue weighted by Crippen LogP contribution is 2.28. The summed E-state index contributed by atoms with van der Waals surface area (Å²) in [6.07, 6.45) is 1.71. The zero-order valence-corrected chi connectivity index (χ0v) is 12.5. The van der Waals surface area contributed by atoms with Gasteiger partial charge in [0.15, 0.2) is 0 Å². The Morgan fingerprint density at radius 3 is 2.70 bits per heavy atom. The van der Waals surface area contributed by atoms with E-state index in [1.54, 1.807) is 12.3 Å². The Labute approximate surface area is 123 Å². The SMILES string of the molecule is CC(C)NC(=O)C(C)Nc1ccc(Cl)c2cccnc12. The molecule has 0 aliphatic rings. The summed E-state index contributed by atoms with van der Waals surface area (Å²) in [5.41, 5.74) is 1.57. The zero-order valence-electron chi connectivity index (χ0n) is 11.8. The van der Waals surface area contributed by atoms with Crippen molar-refractivity contribution >= 4 is 34.1 Å². The number of fused-ring (bicyclic) bond motifs is 1. The summed E-state index contributed by atoms with van der Waals surface area (Å²) in [5.74, 6) is -0.0426. The zero-order chi connectivity index (χ0) is 14.7. The molecule has 0 saturated heterocycles. The van der Waals surface area contributed by atoms with Crippen molar-refractivity contribution < 1.29 is 4.79 Å². The quantitative estimate of drug-likeness (QED) is 0.909. The minimum Gasteiger partial charge on any atom is -0.372 e. The van der Waals surface area contributed by atoms with Crippen molar-refractivity contribution in [3.63, 3.8) is 0 Å². The Bertz CT molecular complexity index is 628. The highest BCUT2D eigenvalue weighted by atomic mass is 35.5. The molecule has 0 radical (unpaired) electrons. The summed E-state index contributed by atoms with van der Waals surface area (Å²) in [6, 6.07) is 7.18. The van der Waals surface area contributed by atoms with E-state index in [4.69, 9.17) is 11.6 Å². The van der Waals surface area contributed by atoms with Crippen LogP contribution in [0.2, 0.25) is 5.02 Å². The lowest BCUT2D eigenvalue weighted by atomic mass is 10.1. The molecule has 1 aromatic carbocycles. The minimum atomic E-state index is -0.344. The van der Waals surface area contributed by atoms with Gasteiger partial charge in [-0.15, -0.1) is 0 Å². The third-order valence-electron chi connectivity index (χ3n) is 2.91. The molecule has 0 spiro atoms. The van der Waals surface area contributed by atoms with E-state index in [1.165, 1.54) is 0 Å². The van der Waals surface area contributed by atoms with Crippen molar-refractivity contribution in [1.29, 1.82) is 0 Å². The van der Waals surface area contributed by atoms with E-state index >= 15 is 0 Å². The van der Waals surface area contributed by atoms with Crippen LogP contribution in [-0.4, -0.2) is 23.0 Å². The van der Waals surface area contributed by atoms with Gasteiger partial charge in [0.25, 0.3) is 0 Å². The Kier molecular flexibility index (Phi) is 4.45. The summed E-state index contributed by atoms with van der Waals surface area (Å²) >= 11 is 6.15. The number of carbonyl (C=O) groups is 1. The van der Waals surface area contributed by atoms with Crippen LogP contribution in [0, 0.1) is 0 Å². The molecule has 2 rings (SSSR count).